The van der Waals surface area contributed by atoms with Crippen molar-refractivity contribution >= 4 is 33.7 Å². The first-order chi connectivity index (χ1) is 9.63. The van der Waals surface area contributed by atoms with Gasteiger partial charge >= 0.3 is 0 Å². The van der Waals surface area contributed by atoms with E-state index in [0.717, 1.165) is 40.7 Å². The first-order valence-electron chi connectivity index (χ1n) is 6.69. The van der Waals surface area contributed by atoms with Crippen LogP contribution in [-0.4, -0.2) is 28.1 Å². The van der Waals surface area contributed by atoms with Crippen molar-refractivity contribution in [2.75, 3.05) is 17.7 Å². The van der Waals surface area contributed by atoms with Crippen LogP contribution >= 0.6 is 22.9 Å². The molecule has 0 saturated carbocycles. The third kappa shape index (κ3) is 2.79. The van der Waals surface area contributed by atoms with Crippen LogP contribution < -0.4 is 11.1 Å². The lowest BCUT2D eigenvalue weighted by atomic mass is 10.0. The highest BCUT2D eigenvalue weighted by atomic mass is 32.1. The number of nitrogens with one attached hydrogen (secondary N) is 1. The predicted molar refractivity (Wildman–Crippen MR) is 84.4 cm³/mol. The van der Waals surface area contributed by atoms with Gasteiger partial charge in [0.05, 0.1) is 11.7 Å². The Morgan fingerprint density at radius 2 is 2.35 bits per heavy atom. The molecule has 3 rings (SSSR count). The average molecular weight is 310 g/mol. The summed E-state index contributed by atoms with van der Waals surface area (Å²) in [6.45, 7) is 4.90. The second kappa shape index (κ2) is 5.67. The molecule has 3 heterocycles. The van der Waals surface area contributed by atoms with Gasteiger partial charge in [0.1, 0.15) is 15.8 Å². The number of ether oxygens (including phenoxy) is 1. The third-order valence-corrected chi connectivity index (χ3v) is 5.14. The van der Waals surface area contributed by atoms with E-state index in [1.165, 1.54) is 11.5 Å². The number of aromatic nitrogens is 2. The van der Waals surface area contributed by atoms with Gasteiger partial charge in [-0.3, -0.25) is 0 Å². The normalized spacial score (nSPS) is 22.9. The molecule has 1 fully saturated rings. The van der Waals surface area contributed by atoms with E-state index in [2.05, 4.69) is 21.6 Å². The summed E-state index contributed by atoms with van der Waals surface area (Å²) in [4.78, 5) is 4.52. The predicted octanol–water partition coefficient (Wildman–Crippen LogP) is 3.14. The Morgan fingerprint density at radius 1 is 1.50 bits per heavy atom. The van der Waals surface area contributed by atoms with Crippen molar-refractivity contribution in [2.45, 2.75) is 38.8 Å². The minimum absolute atomic E-state index is 0.303. The van der Waals surface area contributed by atoms with Gasteiger partial charge in [0.25, 0.3) is 0 Å². The molecule has 0 aliphatic carbocycles. The molecular weight excluding hydrogens is 292 g/mol. The molecule has 0 spiro atoms. The molecule has 0 aromatic carbocycles. The summed E-state index contributed by atoms with van der Waals surface area (Å²) in [5.41, 5.74) is 7.98. The quantitative estimate of drug-likeness (QED) is 0.911. The van der Waals surface area contributed by atoms with Crippen LogP contribution in [0.3, 0.4) is 0 Å². The molecule has 0 amide bonds. The number of nitrogens with zero attached hydrogens (tertiary/aromatic N) is 2. The molecule has 108 valence electrons. The van der Waals surface area contributed by atoms with Crippen LogP contribution in [0.5, 0.6) is 0 Å². The highest BCUT2D eigenvalue weighted by Gasteiger charge is 2.23. The maximum absolute atomic E-state index is 6.02. The summed E-state index contributed by atoms with van der Waals surface area (Å²) in [7, 11) is 0. The molecule has 1 aliphatic heterocycles. The lowest BCUT2D eigenvalue weighted by Gasteiger charge is -2.28. The Bertz CT molecular complexity index is 595. The zero-order valence-electron chi connectivity index (χ0n) is 11.5. The van der Waals surface area contributed by atoms with Crippen molar-refractivity contribution in [3.8, 4) is 10.6 Å². The van der Waals surface area contributed by atoms with Gasteiger partial charge in [-0.1, -0.05) is 0 Å². The second-order valence-electron chi connectivity index (χ2n) is 5.11. The fraction of sp³-hybridized carbons (Fsp3) is 0.538. The highest BCUT2D eigenvalue weighted by Crippen LogP contribution is 2.39. The lowest BCUT2D eigenvalue weighted by Crippen LogP contribution is -2.32. The van der Waals surface area contributed by atoms with Crippen molar-refractivity contribution in [3.63, 3.8) is 0 Å². The van der Waals surface area contributed by atoms with E-state index >= 15 is 0 Å². The fourth-order valence-electron chi connectivity index (χ4n) is 2.39. The van der Waals surface area contributed by atoms with Crippen molar-refractivity contribution < 1.29 is 4.74 Å². The molecule has 3 N–H and O–H groups in total. The second-order valence-corrected chi connectivity index (χ2v) is 6.74. The minimum Gasteiger partial charge on any atom is -0.382 e. The molecule has 20 heavy (non-hydrogen) atoms. The number of rotatable bonds is 3. The molecule has 5 nitrogen and oxygen atoms in total. The van der Waals surface area contributed by atoms with Gasteiger partial charge in [0, 0.05) is 23.7 Å². The maximum Gasteiger partial charge on any atom is 0.149 e. The highest BCUT2D eigenvalue weighted by molar-refractivity contribution is 7.15. The Balaban J connectivity index is 1.83. The van der Waals surface area contributed by atoms with Crippen molar-refractivity contribution in [3.05, 3.63) is 11.1 Å². The van der Waals surface area contributed by atoms with E-state index in [0.29, 0.717) is 18.0 Å². The summed E-state index contributed by atoms with van der Waals surface area (Å²) in [5, 5.41) is 7.57. The molecule has 2 unspecified atom stereocenters. The molecule has 1 saturated heterocycles. The monoisotopic (exact) mass is 310 g/mol. The van der Waals surface area contributed by atoms with Crippen molar-refractivity contribution in [2.24, 2.45) is 0 Å². The molecule has 1 aliphatic rings. The van der Waals surface area contributed by atoms with E-state index in [1.54, 1.807) is 11.3 Å². The summed E-state index contributed by atoms with van der Waals surface area (Å²) in [6, 6.07) is 0.415. The molecule has 2 atom stereocenters. The Morgan fingerprint density at radius 3 is 3.05 bits per heavy atom. The smallest absolute Gasteiger partial charge is 0.149 e. The Labute approximate surface area is 126 Å². The minimum atomic E-state index is 0.303. The summed E-state index contributed by atoms with van der Waals surface area (Å²) >= 11 is 3.02. The molecule has 0 bridgehead atoms. The van der Waals surface area contributed by atoms with E-state index in [9.17, 15) is 0 Å². The fourth-order valence-corrected chi connectivity index (χ4v) is 4.10. The van der Waals surface area contributed by atoms with Crippen LogP contribution in [0.15, 0.2) is 5.38 Å². The standard InChI is InChI=1S/C13H18N4OS2/c1-7-6-19-12(15-7)10-11(14)17-20-13(10)16-9-3-4-18-8(2)5-9/h6,8-9,16H,3-5H2,1-2H3,(H2,14,17). The van der Waals surface area contributed by atoms with Crippen LogP contribution in [0.1, 0.15) is 25.5 Å². The summed E-state index contributed by atoms with van der Waals surface area (Å²) in [6.07, 6.45) is 2.32. The molecule has 7 heteroatoms. The Kier molecular flexibility index (Phi) is 3.91. The van der Waals surface area contributed by atoms with Gasteiger partial charge in [-0.05, 0) is 38.2 Å². The van der Waals surface area contributed by atoms with Crippen LogP contribution in [-0.2, 0) is 4.74 Å². The van der Waals surface area contributed by atoms with Gasteiger partial charge in [-0.25, -0.2) is 4.98 Å². The van der Waals surface area contributed by atoms with Crippen LogP contribution in [0, 0.1) is 6.92 Å². The van der Waals surface area contributed by atoms with E-state index in [1.807, 2.05) is 12.3 Å². The number of anilines is 2. The topological polar surface area (TPSA) is 73.1 Å². The van der Waals surface area contributed by atoms with Gasteiger partial charge in [-0.2, -0.15) is 4.37 Å². The number of nitrogen functional groups attached to an aromatic ring is 1. The van der Waals surface area contributed by atoms with Gasteiger partial charge in [0.15, 0.2) is 0 Å². The van der Waals surface area contributed by atoms with Gasteiger partial charge in [-0.15, -0.1) is 11.3 Å². The van der Waals surface area contributed by atoms with Crippen molar-refractivity contribution in [1.29, 1.82) is 0 Å². The van der Waals surface area contributed by atoms with Crippen LogP contribution in [0.25, 0.3) is 10.6 Å². The zero-order valence-corrected chi connectivity index (χ0v) is 13.2. The maximum atomic E-state index is 6.02. The number of aryl methyl sites for hydroxylation is 1. The SMILES string of the molecule is Cc1csc(-c2c(N)nsc2NC2CCOC(C)C2)n1. The van der Waals surface area contributed by atoms with E-state index in [4.69, 9.17) is 10.5 Å². The first kappa shape index (κ1) is 13.8. The summed E-state index contributed by atoms with van der Waals surface area (Å²) in [5.74, 6) is 0.562. The van der Waals surface area contributed by atoms with Crippen LogP contribution in [0.2, 0.25) is 0 Å². The summed E-state index contributed by atoms with van der Waals surface area (Å²) < 4.78 is 9.86. The third-order valence-electron chi connectivity index (χ3n) is 3.37. The zero-order chi connectivity index (χ0) is 14.1. The number of nitrogens with two attached hydrogens (primary N) is 1. The molecule has 2 aromatic heterocycles. The largest absolute Gasteiger partial charge is 0.382 e. The van der Waals surface area contributed by atoms with E-state index < -0.39 is 0 Å². The average Bonchev–Trinajstić information content (AvgIpc) is 2.96. The molecular formula is C13H18N4OS2. The molecule has 2 aromatic rings. The molecule has 0 radical (unpaired) electrons. The number of thiazole rings is 1. The first-order valence-corrected chi connectivity index (χ1v) is 8.34. The van der Waals surface area contributed by atoms with Gasteiger partial charge < -0.3 is 15.8 Å². The van der Waals surface area contributed by atoms with Crippen molar-refractivity contribution in [1.82, 2.24) is 9.36 Å². The lowest BCUT2D eigenvalue weighted by molar-refractivity contribution is 0.0233. The number of hydrogen-bond donors (Lipinski definition) is 2. The number of hydrogen-bond acceptors (Lipinski definition) is 7. The Hall–Kier alpha value is -1.18. The van der Waals surface area contributed by atoms with E-state index in [-0.39, 0.29) is 0 Å². The van der Waals surface area contributed by atoms with Gasteiger partial charge in [0.2, 0.25) is 0 Å². The van der Waals surface area contributed by atoms with Crippen LogP contribution in [0.4, 0.5) is 10.8 Å².